The van der Waals surface area contributed by atoms with Gasteiger partial charge in [0.25, 0.3) is 0 Å². The molecule has 0 aliphatic rings. The lowest BCUT2D eigenvalue weighted by molar-refractivity contribution is -0.258. The third kappa shape index (κ3) is 2.80. The van der Waals surface area contributed by atoms with E-state index >= 15 is 0 Å². The maximum absolute atomic E-state index is 12.7. The van der Waals surface area contributed by atoms with Crippen LogP contribution in [0, 0.1) is 0 Å². The first kappa shape index (κ1) is 14.0. The summed E-state index contributed by atoms with van der Waals surface area (Å²) in [4.78, 5) is 0. The van der Waals surface area contributed by atoms with Crippen LogP contribution in [0.2, 0.25) is 0 Å². The van der Waals surface area contributed by atoms with Crippen LogP contribution >= 0.6 is 0 Å². The molecule has 1 aromatic carbocycles. The van der Waals surface area contributed by atoms with Crippen molar-refractivity contribution in [3.8, 4) is 0 Å². The SMILES string of the molecule is CCC(C)c1cccc(C(C)(O)C(F)(F)F)c1. The number of aliphatic hydroxyl groups is 1. The fraction of sp³-hybridized carbons (Fsp3) is 0.538. The second kappa shape index (κ2) is 4.69. The third-order valence-corrected chi connectivity index (χ3v) is 3.18. The van der Waals surface area contributed by atoms with E-state index in [9.17, 15) is 18.3 Å². The average Bonchev–Trinajstić information content (AvgIpc) is 2.26. The maximum Gasteiger partial charge on any atom is 0.421 e. The predicted molar refractivity (Wildman–Crippen MR) is 60.8 cm³/mol. The first-order valence-electron chi connectivity index (χ1n) is 5.59. The quantitative estimate of drug-likeness (QED) is 0.855. The molecule has 0 radical (unpaired) electrons. The van der Waals surface area contributed by atoms with Gasteiger partial charge in [-0.05, 0) is 30.4 Å². The molecule has 0 aliphatic heterocycles. The van der Waals surface area contributed by atoms with Gasteiger partial charge in [-0.2, -0.15) is 13.2 Å². The lowest BCUT2D eigenvalue weighted by atomic mass is 9.90. The van der Waals surface area contributed by atoms with E-state index in [4.69, 9.17) is 0 Å². The number of alkyl halides is 3. The van der Waals surface area contributed by atoms with Crippen molar-refractivity contribution in [3.63, 3.8) is 0 Å². The molecule has 1 rings (SSSR count). The fourth-order valence-corrected chi connectivity index (χ4v) is 1.55. The molecule has 96 valence electrons. The van der Waals surface area contributed by atoms with E-state index in [1.807, 2.05) is 13.8 Å². The lowest BCUT2D eigenvalue weighted by Gasteiger charge is -2.27. The first-order chi connectivity index (χ1) is 7.70. The van der Waals surface area contributed by atoms with Gasteiger partial charge in [0, 0.05) is 0 Å². The van der Waals surface area contributed by atoms with Crippen LogP contribution in [0.5, 0.6) is 0 Å². The molecule has 1 aromatic rings. The highest BCUT2D eigenvalue weighted by Gasteiger charge is 2.51. The highest BCUT2D eigenvalue weighted by atomic mass is 19.4. The third-order valence-electron chi connectivity index (χ3n) is 3.18. The number of benzene rings is 1. The van der Waals surface area contributed by atoms with E-state index in [-0.39, 0.29) is 11.5 Å². The summed E-state index contributed by atoms with van der Waals surface area (Å²) in [5.41, 5.74) is -2.09. The van der Waals surface area contributed by atoms with Crippen LogP contribution in [0.4, 0.5) is 13.2 Å². The molecular formula is C13H17F3O. The largest absolute Gasteiger partial charge is 0.421 e. The van der Waals surface area contributed by atoms with Crippen LogP contribution in [-0.4, -0.2) is 11.3 Å². The fourth-order valence-electron chi connectivity index (χ4n) is 1.55. The molecule has 0 heterocycles. The number of hydrogen-bond acceptors (Lipinski definition) is 1. The molecule has 0 aliphatic carbocycles. The standard InChI is InChI=1S/C13H17F3O/c1-4-9(2)10-6-5-7-11(8-10)12(3,17)13(14,15)16/h5-9,17H,4H2,1-3H3. The smallest absolute Gasteiger partial charge is 0.376 e. The molecule has 0 aromatic heterocycles. The van der Waals surface area contributed by atoms with Crippen LogP contribution in [0.15, 0.2) is 24.3 Å². The van der Waals surface area contributed by atoms with Crippen LogP contribution in [-0.2, 0) is 5.60 Å². The van der Waals surface area contributed by atoms with E-state index < -0.39 is 11.8 Å². The van der Waals surface area contributed by atoms with Crippen LogP contribution in [0.25, 0.3) is 0 Å². The molecule has 0 spiro atoms. The van der Waals surface area contributed by atoms with Crippen LogP contribution in [0.1, 0.15) is 44.2 Å². The zero-order chi connectivity index (χ0) is 13.3. The molecule has 4 heteroatoms. The number of hydrogen-bond donors (Lipinski definition) is 1. The zero-order valence-electron chi connectivity index (χ0n) is 10.2. The van der Waals surface area contributed by atoms with E-state index in [2.05, 4.69) is 0 Å². The monoisotopic (exact) mass is 246 g/mol. The van der Waals surface area contributed by atoms with Gasteiger partial charge in [0.1, 0.15) is 0 Å². The molecule has 17 heavy (non-hydrogen) atoms. The Morgan fingerprint density at radius 2 is 1.88 bits per heavy atom. The molecule has 0 amide bonds. The van der Waals surface area contributed by atoms with Gasteiger partial charge in [0.15, 0.2) is 5.60 Å². The van der Waals surface area contributed by atoms with Gasteiger partial charge in [-0.25, -0.2) is 0 Å². The van der Waals surface area contributed by atoms with Gasteiger partial charge in [0.05, 0.1) is 0 Å². The Kier molecular flexibility index (Phi) is 3.87. The van der Waals surface area contributed by atoms with Gasteiger partial charge >= 0.3 is 6.18 Å². The van der Waals surface area contributed by atoms with Crippen molar-refractivity contribution in [2.75, 3.05) is 0 Å². The average molecular weight is 246 g/mol. The minimum atomic E-state index is -4.67. The molecule has 0 saturated carbocycles. The topological polar surface area (TPSA) is 20.2 Å². The molecular weight excluding hydrogens is 229 g/mol. The molecule has 0 saturated heterocycles. The van der Waals surface area contributed by atoms with Crippen molar-refractivity contribution in [2.45, 2.75) is 44.9 Å². The van der Waals surface area contributed by atoms with E-state index in [1.165, 1.54) is 12.1 Å². The van der Waals surface area contributed by atoms with Crippen LogP contribution < -0.4 is 0 Å². The molecule has 2 unspecified atom stereocenters. The molecule has 2 atom stereocenters. The van der Waals surface area contributed by atoms with Gasteiger partial charge < -0.3 is 5.11 Å². The van der Waals surface area contributed by atoms with Gasteiger partial charge in [0.2, 0.25) is 0 Å². The summed E-state index contributed by atoms with van der Waals surface area (Å²) < 4.78 is 38.1. The molecule has 1 nitrogen and oxygen atoms in total. The van der Waals surface area contributed by atoms with E-state index in [1.54, 1.807) is 12.1 Å². The zero-order valence-corrected chi connectivity index (χ0v) is 10.2. The van der Waals surface area contributed by atoms with Crippen molar-refractivity contribution in [1.82, 2.24) is 0 Å². The van der Waals surface area contributed by atoms with Crippen molar-refractivity contribution >= 4 is 0 Å². The number of rotatable bonds is 3. The van der Waals surface area contributed by atoms with E-state index in [0.717, 1.165) is 18.9 Å². The molecule has 0 fully saturated rings. The first-order valence-corrected chi connectivity index (χ1v) is 5.59. The molecule has 1 N–H and O–H groups in total. The highest BCUT2D eigenvalue weighted by Crippen LogP contribution is 2.39. The Morgan fingerprint density at radius 3 is 2.35 bits per heavy atom. The van der Waals surface area contributed by atoms with Gasteiger partial charge in [-0.1, -0.05) is 38.1 Å². The maximum atomic E-state index is 12.7. The van der Waals surface area contributed by atoms with Gasteiger partial charge in [-0.3, -0.25) is 0 Å². The Hall–Kier alpha value is -1.03. The minimum absolute atomic E-state index is 0.109. The van der Waals surface area contributed by atoms with Gasteiger partial charge in [-0.15, -0.1) is 0 Å². The Labute approximate surface area is 99.3 Å². The van der Waals surface area contributed by atoms with Crippen molar-refractivity contribution < 1.29 is 18.3 Å². The van der Waals surface area contributed by atoms with Crippen molar-refractivity contribution in [3.05, 3.63) is 35.4 Å². The summed E-state index contributed by atoms with van der Waals surface area (Å²) in [6.07, 6.45) is -3.82. The van der Waals surface area contributed by atoms with E-state index in [0.29, 0.717) is 0 Å². The summed E-state index contributed by atoms with van der Waals surface area (Å²) in [7, 11) is 0. The summed E-state index contributed by atoms with van der Waals surface area (Å²) in [5.74, 6) is 0.180. The van der Waals surface area contributed by atoms with Crippen molar-refractivity contribution in [2.24, 2.45) is 0 Å². The number of halogens is 3. The lowest BCUT2D eigenvalue weighted by Crippen LogP contribution is -2.39. The normalized spacial score (nSPS) is 17.6. The second-order valence-corrected chi connectivity index (χ2v) is 4.50. The Balaban J connectivity index is 3.16. The highest BCUT2D eigenvalue weighted by molar-refractivity contribution is 5.30. The van der Waals surface area contributed by atoms with Crippen LogP contribution in [0.3, 0.4) is 0 Å². The Bertz CT molecular complexity index is 382. The predicted octanol–water partition coefficient (Wildman–Crippen LogP) is 3.97. The molecule has 0 bridgehead atoms. The summed E-state index contributed by atoms with van der Waals surface area (Å²) >= 11 is 0. The Morgan fingerprint density at radius 1 is 1.29 bits per heavy atom. The minimum Gasteiger partial charge on any atom is -0.376 e. The summed E-state index contributed by atoms with van der Waals surface area (Å²) in [5, 5.41) is 9.58. The summed E-state index contributed by atoms with van der Waals surface area (Å²) in [6.45, 7) is 4.70. The second-order valence-electron chi connectivity index (χ2n) is 4.50. The van der Waals surface area contributed by atoms with Crippen molar-refractivity contribution in [1.29, 1.82) is 0 Å². The summed E-state index contributed by atoms with van der Waals surface area (Å²) in [6, 6.07) is 6.07.